The van der Waals surface area contributed by atoms with Gasteiger partial charge in [0, 0.05) is 20.0 Å². The smallest absolute Gasteiger partial charge is 0.160 e. The van der Waals surface area contributed by atoms with E-state index in [0.29, 0.717) is 37.2 Å². The van der Waals surface area contributed by atoms with Crippen LogP contribution in [0.3, 0.4) is 0 Å². The molecule has 0 saturated carbocycles. The molecule has 0 heterocycles. The highest BCUT2D eigenvalue weighted by Crippen LogP contribution is 2.28. The molecule has 0 aliphatic rings. The summed E-state index contributed by atoms with van der Waals surface area (Å²) < 4.78 is 15.7. The van der Waals surface area contributed by atoms with Crippen LogP contribution < -0.4 is 9.47 Å². The molecule has 0 aliphatic heterocycles. The minimum atomic E-state index is -0.165. The molecule has 6 nitrogen and oxygen atoms in total. The van der Waals surface area contributed by atoms with Gasteiger partial charge in [0.25, 0.3) is 0 Å². The zero-order valence-corrected chi connectivity index (χ0v) is 16.6. The Labute approximate surface area is 165 Å². The largest absolute Gasteiger partial charge is 0.504 e. The Kier molecular flexibility index (Phi) is 8.14. The van der Waals surface area contributed by atoms with Gasteiger partial charge in [0.05, 0.1) is 20.3 Å². The van der Waals surface area contributed by atoms with Crippen molar-refractivity contribution in [3.63, 3.8) is 0 Å². The molecule has 1 atom stereocenters. The standard InChI is InChI=1S/C22H28O6/c1-26-18(9-5-16-7-11-20(25)22(13-16)28-3)14-17(23)8-4-15-6-10-19(24)21(12-15)27-2/h6-7,10-13,18,24-25H,4-5,8-9,14H2,1-3H3. The average molecular weight is 388 g/mol. The molecule has 6 heteroatoms. The van der Waals surface area contributed by atoms with Gasteiger partial charge in [0.2, 0.25) is 0 Å². The number of ketones is 1. The van der Waals surface area contributed by atoms with Gasteiger partial charge < -0.3 is 24.4 Å². The summed E-state index contributed by atoms with van der Waals surface area (Å²) in [6.45, 7) is 0. The van der Waals surface area contributed by atoms with Gasteiger partial charge in [-0.15, -0.1) is 0 Å². The summed E-state index contributed by atoms with van der Waals surface area (Å²) in [6, 6.07) is 10.3. The van der Waals surface area contributed by atoms with Crippen LogP contribution in [0.5, 0.6) is 23.0 Å². The van der Waals surface area contributed by atoms with Crippen LogP contribution in [-0.2, 0) is 22.4 Å². The lowest BCUT2D eigenvalue weighted by Gasteiger charge is -2.15. The van der Waals surface area contributed by atoms with Crippen molar-refractivity contribution < 1.29 is 29.2 Å². The second-order valence-electron chi connectivity index (χ2n) is 6.65. The van der Waals surface area contributed by atoms with Crippen molar-refractivity contribution in [1.29, 1.82) is 0 Å². The first kappa shape index (κ1) is 21.6. The first-order chi connectivity index (χ1) is 13.5. The number of phenolic OH excluding ortho intramolecular Hbond substituents is 2. The predicted molar refractivity (Wildman–Crippen MR) is 106 cm³/mol. The summed E-state index contributed by atoms with van der Waals surface area (Å²) in [7, 11) is 4.62. The number of methoxy groups -OCH3 is 3. The Bertz CT molecular complexity index is 787. The molecule has 2 aromatic carbocycles. The Morgan fingerprint density at radius 3 is 1.93 bits per heavy atom. The Balaban J connectivity index is 1.84. The molecule has 0 aromatic heterocycles. The average Bonchev–Trinajstić information content (AvgIpc) is 2.71. The summed E-state index contributed by atoms with van der Waals surface area (Å²) in [6.07, 6.45) is 2.59. The van der Waals surface area contributed by atoms with E-state index in [4.69, 9.17) is 14.2 Å². The molecule has 2 rings (SSSR count). The number of hydrogen-bond acceptors (Lipinski definition) is 6. The van der Waals surface area contributed by atoms with E-state index in [9.17, 15) is 15.0 Å². The number of Topliss-reactive ketones (excluding diaryl/α,β-unsaturated/α-hetero) is 1. The number of hydrogen-bond donors (Lipinski definition) is 2. The molecular formula is C22H28O6. The van der Waals surface area contributed by atoms with Crippen molar-refractivity contribution in [2.75, 3.05) is 21.3 Å². The number of aryl methyl sites for hydroxylation is 2. The number of carbonyl (C=O) groups is 1. The van der Waals surface area contributed by atoms with Crippen molar-refractivity contribution >= 4 is 5.78 Å². The zero-order chi connectivity index (χ0) is 20.5. The van der Waals surface area contributed by atoms with Crippen LogP contribution >= 0.6 is 0 Å². The topological polar surface area (TPSA) is 85.2 Å². The van der Waals surface area contributed by atoms with E-state index in [2.05, 4.69) is 0 Å². The number of carbonyl (C=O) groups excluding carboxylic acids is 1. The van der Waals surface area contributed by atoms with E-state index in [0.717, 1.165) is 17.5 Å². The molecule has 0 radical (unpaired) electrons. The highest BCUT2D eigenvalue weighted by atomic mass is 16.5. The van der Waals surface area contributed by atoms with Gasteiger partial charge in [-0.25, -0.2) is 0 Å². The Hall–Kier alpha value is -2.73. The van der Waals surface area contributed by atoms with Crippen molar-refractivity contribution in [2.24, 2.45) is 0 Å². The third-order valence-corrected chi connectivity index (χ3v) is 4.72. The molecule has 1 unspecified atom stereocenters. The first-order valence-corrected chi connectivity index (χ1v) is 9.23. The van der Waals surface area contributed by atoms with Gasteiger partial charge >= 0.3 is 0 Å². The number of aromatic hydroxyl groups is 2. The SMILES string of the molecule is COc1cc(CCC(=O)CC(CCc2ccc(O)c(OC)c2)OC)ccc1O. The summed E-state index contributed by atoms with van der Waals surface area (Å²) in [5, 5.41) is 19.3. The number of rotatable bonds is 11. The summed E-state index contributed by atoms with van der Waals surface area (Å²) in [5.41, 5.74) is 1.95. The number of ether oxygens (including phenoxy) is 3. The van der Waals surface area contributed by atoms with Crippen LogP contribution in [0, 0.1) is 0 Å². The van der Waals surface area contributed by atoms with Gasteiger partial charge in [-0.1, -0.05) is 12.1 Å². The van der Waals surface area contributed by atoms with Crippen molar-refractivity contribution in [3.8, 4) is 23.0 Å². The van der Waals surface area contributed by atoms with Crippen LogP contribution in [0.2, 0.25) is 0 Å². The molecule has 0 fully saturated rings. The maximum atomic E-state index is 12.3. The minimum absolute atomic E-state index is 0.0860. The Morgan fingerprint density at radius 1 is 0.893 bits per heavy atom. The van der Waals surface area contributed by atoms with Crippen LogP contribution in [0.15, 0.2) is 36.4 Å². The minimum Gasteiger partial charge on any atom is -0.504 e. The molecular weight excluding hydrogens is 360 g/mol. The van der Waals surface area contributed by atoms with Crippen molar-refractivity contribution in [2.45, 2.75) is 38.2 Å². The van der Waals surface area contributed by atoms with Crippen LogP contribution in [-0.4, -0.2) is 43.4 Å². The van der Waals surface area contributed by atoms with Crippen LogP contribution in [0.1, 0.15) is 30.4 Å². The number of phenols is 2. The zero-order valence-electron chi connectivity index (χ0n) is 16.6. The van der Waals surface area contributed by atoms with Gasteiger partial charge in [-0.2, -0.15) is 0 Å². The fourth-order valence-corrected chi connectivity index (χ4v) is 3.03. The predicted octanol–water partition coefficient (Wildman–Crippen LogP) is 3.65. The van der Waals surface area contributed by atoms with Crippen LogP contribution in [0.4, 0.5) is 0 Å². The molecule has 0 spiro atoms. The lowest BCUT2D eigenvalue weighted by molar-refractivity contribution is -0.121. The summed E-state index contributed by atoms with van der Waals surface area (Å²) in [5.74, 6) is 1.16. The van der Waals surface area contributed by atoms with Gasteiger partial charge in [0.15, 0.2) is 23.0 Å². The molecule has 28 heavy (non-hydrogen) atoms. The second kappa shape index (κ2) is 10.6. The third kappa shape index (κ3) is 6.16. The maximum Gasteiger partial charge on any atom is 0.160 e. The molecule has 0 amide bonds. The second-order valence-corrected chi connectivity index (χ2v) is 6.65. The van der Waals surface area contributed by atoms with E-state index in [-0.39, 0.29) is 23.4 Å². The summed E-state index contributed by atoms with van der Waals surface area (Å²) >= 11 is 0. The fraction of sp³-hybridized carbons (Fsp3) is 0.409. The highest BCUT2D eigenvalue weighted by Gasteiger charge is 2.14. The van der Waals surface area contributed by atoms with E-state index in [1.165, 1.54) is 14.2 Å². The van der Waals surface area contributed by atoms with E-state index < -0.39 is 0 Å². The molecule has 0 saturated heterocycles. The molecule has 0 bridgehead atoms. The maximum absolute atomic E-state index is 12.3. The lowest BCUT2D eigenvalue weighted by atomic mass is 9.99. The number of benzene rings is 2. The van der Waals surface area contributed by atoms with Crippen molar-refractivity contribution in [1.82, 2.24) is 0 Å². The lowest BCUT2D eigenvalue weighted by Crippen LogP contribution is -2.17. The quantitative estimate of drug-likeness (QED) is 0.611. The van der Waals surface area contributed by atoms with Gasteiger partial charge in [-0.3, -0.25) is 4.79 Å². The molecule has 2 N–H and O–H groups in total. The first-order valence-electron chi connectivity index (χ1n) is 9.23. The third-order valence-electron chi connectivity index (χ3n) is 4.72. The Morgan fingerprint density at radius 2 is 1.43 bits per heavy atom. The molecule has 152 valence electrons. The van der Waals surface area contributed by atoms with E-state index in [1.807, 2.05) is 6.07 Å². The normalized spacial score (nSPS) is 11.8. The van der Waals surface area contributed by atoms with Crippen LogP contribution in [0.25, 0.3) is 0 Å². The molecule has 2 aromatic rings. The van der Waals surface area contributed by atoms with E-state index >= 15 is 0 Å². The van der Waals surface area contributed by atoms with E-state index in [1.54, 1.807) is 37.4 Å². The van der Waals surface area contributed by atoms with Crippen molar-refractivity contribution in [3.05, 3.63) is 47.5 Å². The summed E-state index contributed by atoms with van der Waals surface area (Å²) in [4.78, 5) is 12.3. The van der Waals surface area contributed by atoms with Gasteiger partial charge in [-0.05, 0) is 54.7 Å². The van der Waals surface area contributed by atoms with Gasteiger partial charge in [0.1, 0.15) is 5.78 Å². The molecule has 0 aliphatic carbocycles. The monoisotopic (exact) mass is 388 g/mol. The fourth-order valence-electron chi connectivity index (χ4n) is 3.03. The highest BCUT2D eigenvalue weighted by molar-refractivity contribution is 5.79.